The molecule has 0 N–H and O–H groups in total. The number of carbonyl (C=O) groups is 2. The van der Waals surface area contributed by atoms with Gasteiger partial charge >= 0.3 is 0 Å². The van der Waals surface area contributed by atoms with E-state index in [1.807, 2.05) is 39.8 Å². The van der Waals surface area contributed by atoms with E-state index < -0.39 is 16.6 Å². The summed E-state index contributed by atoms with van der Waals surface area (Å²) in [4.78, 5) is 26.7. The molecule has 26 heavy (non-hydrogen) atoms. The van der Waals surface area contributed by atoms with Crippen molar-refractivity contribution in [3.63, 3.8) is 0 Å². The van der Waals surface area contributed by atoms with E-state index in [4.69, 9.17) is 14.2 Å². The first-order valence-corrected chi connectivity index (χ1v) is 9.62. The first-order valence-electron chi connectivity index (χ1n) is 9.62. The lowest BCUT2D eigenvalue weighted by Crippen LogP contribution is -2.52. The molecule has 2 aliphatic carbocycles. The highest BCUT2D eigenvalue weighted by Crippen LogP contribution is 2.52. The maximum atomic E-state index is 13.4. The van der Waals surface area contributed by atoms with Gasteiger partial charge in [-0.05, 0) is 33.1 Å². The molecule has 0 aromatic carbocycles. The fourth-order valence-corrected chi connectivity index (χ4v) is 4.90. The van der Waals surface area contributed by atoms with Crippen LogP contribution in [0.2, 0.25) is 0 Å². The predicted octanol–water partition coefficient (Wildman–Crippen LogP) is 3.13. The van der Waals surface area contributed by atoms with E-state index in [9.17, 15) is 9.59 Å². The van der Waals surface area contributed by atoms with Crippen molar-refractivity contribution in [2.75, 3.05) is 13.2 Å². The molecule has 3 atom stereocenters. The van der Waals surface area contributed by atoms with Crippen molar-refractivity contribution in [1.82, 2.24) is 0 Å². The smallest absolute Gasteiger partial charge is 0.226 e. The second kappa shape index (κ2) is 5.85. The van der Waals surface area contributed by atoms with Crippen LogP contribution in [0.1, 0.15) is 53.4 Å². The van der Waals surface area contributed by atoms with Gasteiger partial charge in [-0.3, -0.25) is 9.59 Å². The Balaban J connectivity index is 1.65. The molecule has 2 aliphatic heterocycles. The van der Waals surface area contributed by atoms with Crippen molar-refractivity contribution in [3.05, 3.63) is 23.3 Å². The highest BCUT2D eigenvalue weighted by Gasteiger charge is 2.57. The molecule has 5 heteroatoms. The van der Waals surface area contributed by atoms with E-state index >= 15 is 0 Å². The number of rotatable bonds is 3. The number of ketones is 2. The van der Waals surface area contributed by atoms with Crippen LogP contribution in [0.5, 0.6) is 0 Å². The van der Waals surface area contributed by atoms with Crippen LogP contribution in [0.25, 0.3) is 0 Å². The molecule has 2 saturated heterocycles. The topological polar surface area (TPSA) is 65.1 Å². The van der Waals surface area contributed by atoms with Crippen LogP contribution < -0.4 is 0 Å². The third-order valence-electron chi connectivity index (χ3n) is 6.76. The van der Waals surface area contributed by atoms with Gasteiger partial charge in [0.05, 0.1) is 24.7 Å². The number of epoxide rings is 1. The molecule has 0 aromatic rings. The van der Waals surface area contributed by atoms with E-state index in [1.165, 1.54) is 0 Å². The van der Waals surface area contributed by atoms with Gasteiger partial charge in [0, 0.05) is 17.4 Å². The van der Waals surface area contributed by atoms with Gasteiger partial charge in [-0.2, -0.15) is 0 Å². The van der Waals surface area contributed by atoms with Gasteiger partial charge in [-0.15, -0.1) is 0 Å². The number of Topliss-reactive ketones (excluding diaryl/α,β-unsaturated/α-hetero) is 2. The summed E-state index contributed by atoms with van der Waals surface area (Å²) in [5.41, 5.74) is 0.134. The lowest BCUT2D eigenvalue weighted by Gasteiger charge is -2.47. The SMILES string of the molecule is CC1=C(C(=O)C(=O)C2(C)C=CC3OC3CC2)C(C)(C)C2(CC1)OCCO2. The Morgan fingerprint density at radius 3 is 2.50 bits per heavy atom. The Hall–Kier alpha value is -1.30. The summed E-state index contributed by atoms with van der Waals surface area (Å²) in [6.45, 7) is 8.82. The largest absolute Gasteiger partial charge is 0.365 e. The highest BCUT2D eigenvalue weighted by atomic mass is 16.7. The zero-order chi connectivity index (χ0) is 18.7. The highest BCUT2D eigenvalue weighted by molar-refractivity contribution is 6.46. The standard InChI is InChI=1S/C21H28O5/c1-13-5-10-21(24-11-12-25-21)19(2,3)16(13)17(22)18(23)20(4)8-6-14-15(26-14)7-9-20/h6,8,14-15H,5,7,9-12H2,1-4H3. The molecule has 2 heterocycles. The fourth-order valence-electron chi connectivity index (χ4n) is 4.90. The van der Waals surface area contributed by atoms with Crippen LogP contribution in [0.3, 0.4) is 0 Å². The minimum absolute atomic E-state index is 0.121. The summed E-state index contributed by atoms with van der Waals surface area (Å²) >= 11 is 0. The van der Waals surface area contributed by atoms with Gasteiger partial charge in [0.1, 0.15) is 6.10 Å². The van der Waals surface area contributed by atoms with Gasteiger partial charge < -0.3 is 14.2 Å². The minimum Gasteiger partial charge on any atom is -0.365 e. The molecule has 0 saturated carbocycles. The quantitative estimate of drug-likeness (QED) is 0.439. The molecular weight excluding hydrogens is 332 g/mol. The zero-order valence-electron chi connectivity index (χ0n) is 16.1. The molecule has 4 rings (SSSR count). The third kappa shape index (κ3) is 2.55. The number of hydrogen-bond acceptors (Lipinski definition) is 5. The molecule has 4 aliphatic rings. The van der Waals surface area contributed by atoms with Gasteiger partial charge in [0.2, 0.25) is 11.6 Å². The zero-order valence-corrected chi connectivity index (χ0v) is 16.1. The molecule has 5 nitrogen and oxygen atoms in total. The average Bonchev–Trinajstić information content (AvgIpc) is 3.21. The lowest BCUT2D eigenvalue weighted by molar-refractivity contribution is -0.224. The Kier molecular flexibility index (Phi) is 4.07. The number of ether oxygens (including phenoxy) is 3. The minimum atomic E-state index is -0.798. The Morgan fingerprint density at radius 2 is 1.81 bits per heavy atom. The van der Waals surface area contributed by atoms with Crippen molar-refractivity contribution in [3.8, 4) is 0 Å². The van der Waals surface area contributed by atoms with E-state index in [-0.39, 0.29) is 23.8 Å². The van der Waals surface area contributed by atoms with Crippen LogP contribution in [0.4, 0.5) is 0 Å². The Bertz CT molecular complexity index is 710. The maximum Gasteiger partial charge on any atom is 0.226 e. The monoisotopic (exact) mass is 360 g/mol. The molecule has 2 fully saturated rings. The summed E-state index contributed by atoms with van der Waals surface area (Å²) in [7, 11) is 0. The van der Waals surface area contributed by atoms with Gasteiger partial charge in [-0.25, -0.2) is 0 Å². The lowest BCUT2D eigenvalue weighted by atomic mass is 9.64. The van der Waals surface area contributed by atoms with Crippen molar-refractivity contribution in [2.24, 2.45) is 10.8 Å². The number of allylic oxidation sites excluding steroid dienone is 2. The van der Waals surface area contributed by atoms with Crippen molar-refractivity contribution < 1.29 is 23.8 Å². The van der Waals surface area contributed by atoms with Crippen molar-refractivity contribution in [1.29, 1.82) is 0 Å². The first kappa shape index (κ1) is 18.1. The molecule has 3 unspecified atom stereocenters. The Labute approximate surface area is 154 Å². The second-order valence-electron chi connectivity index (χ2n) is 8.84. The van der Waals surface area contributed by atoms with Crippen LogP contribution in [-0.2, 0) is 23.8 Å². The fraction of sp³-hybridized carbons (Fsp3) is 0.714. The Morgan fingerprint density at radius 1 is 1.12 bits per heavy atom. The normalized spacial score (nSPS) is 37.4. The molecule has 0 aromatic heterocycles. The van der Waals surface area contributed by atoms with Crippen LogP contribution in [0, 0.1) is 10.8 Å². The van der Waals surface area contributed by atoms with Crippen molar-refractivity contribution in [2.45, 2.75) is 71.4 Å². The summed E-state index contributed by atoms with van der Waals surface area (Å²) in [5, 5.41) is 0. The maximum absolute atomic E-state index is 13.4. The molecular formula is C21H28O5. The van der Waals surface area contributed by atoms with Crippen molar-refractivity contribution >= 4 is 11.6 Å². The molecule has 142 valence electrons. The summed E-state index contributed by atoms with van der Waals surface area (Å²) in [6, 6.07) is 0. The van der Waals surface area contributed by atoms with Crippen LogP contribution in [0.15, 0.2) is 23.3 Å². The number of carbonyl (C=O) groups excluding carboxylic acids is 2. The molecule has 0 amide bonds. The van der Waals surface area contributed by atoms with Gasteiger partial charge in [0.25, 0.3) is 0 Å². The van der Waals surface area contributed by atoms with Gasteiger partial charge in [-0.1, -0.05) is 31.6 Å². The van der Waals surface area contributed by atoms with Crippen LogP contribution in [-0.4, -0.2) is 42.8 Å². The second-order valence-corrected chi connectivity index (χ2v) is 8.84. The van der Waals surface area contributed by atoms with E-state index in [0.29, 0.717) is 38.0 Å². The van der Waals surface area contributed by atoms with E-state index in [2.05, 4.69) is 0 Å². The first-order chi connectivity index (χ1) is 12.2. The molecule has 1 spiro atoms. The van der Waals surface area contributed by atoms with E-state index in [1.54, 1.807) is 0 Å². The third-order valence-corrected chi connectivity index (χ3v) is 6.76. The average molecular weight is 360 g/mol. The van der Waals surface area contributed by atoms with Gasteiger partial charge in [0.15, 0.2) is 5.79 Å². The summed E-state index contributed by atoms with van der Waals surface area (Å²) in [6.07, 6.45) is 7.04. The summed E-state index contributed by atoms with van der Waals surface area (Å²) in [5.74, 6) is -1.50. The van der Waals surface area contributed by atoms with E-state index in [0.717, 1.165) is 12.0 Å². The number of hydrogen-bond donors (Lipinski definition) is 0. The molecule has 0 bridgehead atoms. The number of fused-ring (bicyclic) bond motifs is 1. The predicted molar refractivity (Wildman–Crippen MR) is 95.5 cm³/mol. The van der Waals surface area contributed by atoms with Crippen LogP contribution >= 0.6 is 0 Å². The summed E-state index contributed by atoms with van der Waals surface area (Å²) < 4.78 is 17.4. The molecule has 0 radical (unpaired) electrons.